The van der Waals surface area contributed by atoms with Gasteiger partial charge in [-0.1, -0.05) is 12.1 Å². The number of rotatable bonds is 6. The molecule has 154 valence electrons. The van der Waals surface area contributed by atoms with Gasteiger partial charge in [0.15, 0.2) is 0 Å². The first kappa shape index (κ1) is 22.9. The SMILES string of the molecule is COc1ccc(CCC23CCC([C@H](O)c4cncc(F)c4)(CC2)N3)cc1.Cl.Cl. The minimum absolute atomic E-state index is 0. The van der Waals surface area contributed by atoms with E-state index < -0.39 is 11.9 Å². The first-order valence-electron chi connectivity index (χ1n) is 9.25. The number of aliphatic hydroxyl groups excluding tert-OH is 1. The molecule has 0 unspecified atom stereocenters. The molecule has 7 heteroatoms. The quantitative estimate of drug-likeness (QED) is 0.715. The van der Waals surface area contributed by atoms with Crippen LogP contribution < -0.4 is 10.1 Å². The van der Waals surface area contributed by atoms with E-state index in [-0.39, 0.29) is 35.9 Å². The molecule has 3 heterocycles. The van der Waals surface area contributed by atoms with E-state index in [1.54, 1.807) is 13.3 Å². The van der Waals surface area contributed by atoms with Crippen LogP contribution in [0, 0.1) is 5.82 Å². The Morgan fingerprint density at radius 2 is 1.82 bits per heavy atom. The molecule has 0 spiro atoms. The summed E-state index contributed by atoms with van der Waals surface area (Å²) in [5.74, 6) is 0.470. The maximum absolute atomic E-state index is 13.5. The summed E-state index contributed by atoms with van der Waals surface area (Å²) in [7, 11) is 1.67. The van der Waals surface area contributed by atoms with Gasteiger partial charge in [-0.15, -0.1) is 24.8 Å². The summed E-state index contributed by atoms with van der Waals surface area (Å²) >= 11 is 0. The molecule has 2 aliphatic rings. The lowest BCUT2D eigenvalue weighted by Gasteiger charge is -2.32. The minimum atomic E-state index is -0.726. The fourth-order valence-electron chi connectivity index (χ4n) is 4.68. The number of aromatic nitrogens is 1. The highest BCUT2D eigenvalue weighted by Crippen LogP contribution is 2.52. The second-order valence-corrected chi connectivity index (χ2v) is 7.75. The maximum atomic E-state index is 13.5. The Balaban J connectivity index is 0.00000140. The minimum Gasteiger partial charge on any atom is -0.497 e. The molecule has 2 aromatic rings. The number of pyridine rings is 1. The summed E-state index contributed by atoms with van der Waals surface area (Å²) in [6.45, 7) is 0. The summed E-state index contributed by atoms with van der Waals surface area (Å²) in [4.78, 5) is 3.89. The molecule has 2 saturated heterocycles. The van der Waals surface area contributed by atoms with Crippen LogP contribution >= 0.6 is 24.8 Å². The molecule has 2 fully saturated rings. The topological polar surface area (TPSA) is 54.4 Å². The van der Waals surface area contributed by atoms with Gasteiger partial charge in [-0.3, -0.25) is 4.98 Å². The van der Waals surface area contributed by atoms with E-state index >= 15 is 0 Å². The van der Waals surface area contributed by atoms with Crippen molar-refractivity contribution in [3.05, 3.63) is 59.7 Å². The van der Waals surface area contributed by atoms with Gasteiger partial charge in [0.1, 0.15) is 11.6 Å². The molecule has 0 radical (unpaired) electrons. The number of ether oxygens (including phenoxy) is 1. The van der Waals surface area contributed by atoms with E-state index in [2.05, 4.69) is 22.4 Å². The molecule has 1 atom stereocenters. The van der Waals surface area contributed by atoms with Crippen molar-refractivity contribution in [1.82, 2.24) is 10.3 Å². The number of aliphatic hydroxyl groups is 1. The van der Waals surface area contributed by atoms with Crippen LogP contribution in [0.5, 0.6) is 5.75 Å². The van der Waals surface area contributed by atoms with E-state index in [0.29, 0.717) is 5.56 Å². The van der Waals surface area contributed by atoms with Crippen LogP contribution in [-0.4, -0.2) is 28.3 Å². The van der Waals surface area contributed by atoms with Gasteiger partial charge in [0, 0.05) is 22.8 Å². The number of methoxy groups -OCH3 is 1. The van der Waals surface area contributed by atoms with Crippen molar-refractivity contribution >= 4 is 24.8 Å². The lowest BCUT2D eigenvalue weighted by Crippen LogP contribution is -2.46. The number of fused-ring (bicyclic) bond motifs is 2. The molecular weight excluding hydrogens is 402 g/mol. The first-order valence-corrected chi connectivity index (χ1v) is 9.25. The number of nitrogens with zero attached hydrogens (tertiary/aromatic N) is 1. The maximum Gasteiger partial charge on any atom is 0.141 e. The van der Waals surface area contributed by atoms with Crippen molar-refractivity contribution < 1.29 is 14.2 Å². The van der Waals surface area contributed by atoms with Gasteiger partial charge in [0.05, 0.1) is 19.4 Å². The Kier molecular flexibility index (Phi) is 7.32. The van der Waals surface area contributed by atoms with Crippen LogP contribution in [0.15, 0.2) is 42.7 Å². The summed E-state index contributed by atoms with van der Waals surface area (Å²) in [6, 6.07) is 9.60. The van der Waals surface area contributed by atoms with Gasteiger partial charge >= 0.3 is 0 Å². The third kappa shape index (κ3) is 4.28. The van der Waals surface area contributed by atoms with E-state index in [1.165, 1.54) is 17.8 Å². The van der Waals surface area contributed by atoms with E-state index in [0.717, 1.165) is 44.3 Å². The van der Waals surface area contributed by atoms with Crippen molar-refractivity contribution in [3.63, 3.8) is 0 Å². The van der Waals surface area contributed by atoms with Gasteiger partial charge in [-0.2, -0.15) is 0 Å². The second kappa shape index (κ2) is 8.95. The Hall–Kier alpha value is -1.40. The van der Waals surface area contributed by atoms with Crippen molar-refractivity contribution in [2.45, 2.75) is 55.7 Å². The molecule has 4 nitrogen and oxygen atoms in total. The number of aryl methyl sites for hydroxylation is 1. The molecule has 4 rings (SSSR count). The number of nitrogens with one attached hydrogen (secondary N) is 1. The number of hydrogen-bond donors (Lipinski definition) is 2. The molecule has 1 aromatic carbocycles. The first-order chi connectivity index (χ1) is 12.5. The standard InChI is InChI=1S/C21H25FN2O2.2ClH/c1-26-18-4-2-15(3-5-18)6-7-20-8-10-21(24-20,11-9-20)19(25)16-12-17(22)14-23-13-16;;/h2-5,12-14,19,24-25H,6-11H2,1H3;2*1H/t19-,20?,21?;;/m1../s1. The van der Waals surface area contributed by atoms with E-state index in [4.69, 9.17) is 4.74 Å². The third-order valence-corrected chi connectivity index (χ3v) is 6.23. The van der Waals surface area contributed by atoms with E-state index in [1.807, 2.05) is 12.1 Å². The summed E-state index contributed by atoms with van der Waals surface area (Å²) < 4.78 is 18.7. The average Bonchev–Trinajstić information content (AvgIpc) is 3.24. The Morgan fingerprint density at radius 3 is 2.43 bits per heavy atom. The van der Waals surface area contributed by atoms with Gasteiger partial charge < -0.3 is 15.2 Å². The van der Waals surface area contributed by atoms with Crippen molar-refractivity contribution in [3.8, 4) is 5.75 Å². The zero-order valence-electron chi connectivity index (χ0n) is 15.9. The van der Waals surface area contributed by atoms with Crippen LogP contribution in [0.4, 0.5) is 4.39 Å². The van der Waals surface area contributed by atoms with Gasteiger partial charge in [-0.05, 0) is 62.3 Å². The Bertz CT molecular complexity index is 780. The van der Waals surface area contributed by atoms with Gasteiger partial charge in [-0.25, -0.2) is 4.39 Å². The van der Waals surface area contributed by atoms with Crippen LogP contribution in [0.2, 0.25) is 0 Å². The monoisotopic (exact) mass is 428 g/mol. The zero-order chi connectivity index (χ0) is 18.2. The van der Waals surface area contributed by atoms with Crippen LogP contribution in [0.1, 0.15) is 49.3 Å². The predicted molar refractivity (Wildman–Crippen MR) is 112 cm³/mol. The van der Waals surface area contributed by atoms with Gasteiger partial charge in [0.25, 0.3) is 0 Å². The zero-order valence-corrected chi connectivity index (χ0v) is 17.5. The number of hydrogen-bond acceptors (Lipinski definition) is 4. The van der Waals surface area contributed by atoms with Crippen molar-refractivity contribution in [2.24, 2.45) is 0 Å². The van der Waals surface area contributed by atoms with Gasteiger partial charge in [0.2, 0.25) is 0 Å². The van der Waals surface area contributed by atoms with Crippen LogP contribution in [0.3, 0.4) is 0 Å². The molecule has 28 heavy (non-hydrogen) atoms. The Morgan fingerprint density at radius 1 is 1.14 bits per heavy atom. The third-order valence-electron chi connectivity index (χ3n) is 6.23. The van der Waals surface area contributed by atoms with Crippen molar-refractivity contribution in [2.75, 3.05) is 7.11 Å². The predicted octanol–water partition coefficient (Wildman–Crippen LogP) is 4.39. The second-order valence-electron chi connectivity index (χ2n) is 7.75. The van der Waals surface area contributed by atoms with Crippen LogP contribution in [-0.2, 0) is 6.42 Å². The van der Waals surface area contributed by atoms with E-state index in [9.17, 15) is 9.50 Å². The van der Waals surface area contributed by atoms with Crippen molar-refractivity contribution in [1.29, 1.82) is 0 Å². The number of halogens is 3. The highest BCUT2D eigenvalue weighted by Gasteiger charge is 2.56. The summed E-state index contributed by atoms with van der Waals surface area (Å²) in [5.41, 5.74) is 1.57. The molecule has 2 bridgehead atoms. The lowest BCUT2D eigenvalue weighted by atomic mass is 9.76. The molecular formula is C21H27Cl2FN2O2. The normalized spacial score (nSPS) is 26.2. The lowest BCUT2D eigenvalue weighted by molar-refractivity contribution is 0.0730. The largest absolute Gasteiger partial charge is 0.497 e. The fourth-order valence-corrected chi connectivity index (χ4v) is 4.68. The molecule has 0 amide bonds. The fraction of sp³-hybridized carbons (Fsp3) is 0.476. The highest BCUT2D eigenvalue weighted by molar-refractivity contribution is 5.85. The van der Waals surface area contributed by atoms with Crippen LogP contribution in [0.25, 0.3) is 0 Å². The average molecular weight is 429 g/mol. The Labute approximate surface area is 177 Å². The highest BCUT2D eigenvalue weighted by atomic mass is 35.5. The molecule has 0 aliphatic carbocycles. The summed E-state index contributed by atoms with van der Waals surface area (Å²) in [5, 5.41) is 14.6. The number of benzene rings is 1. The summed E-state index contributed by atoms with van der Waals surface area (Å²) in [6.07, 6.45) is 7.95. The smallest absolute Gasteiger partial charge is 0.141 e. The molecule has 1 aromatic heterocycles. The molecule has 2 aliphatic heterocycles. The molecule has 0 saturated carbocycles. The molecule has 2 N–H and O–H groups in total.